The number of carbonyl (C=O) groups is 1. The molecule has 0 amide bonds. The van der Waals surface area contributed by atoms with Crippen molar-refractivity contribution in [2.24, 2.45) is 0 Å². The van der Waals surface area contributed by atoms with Gasteiger partial charge in [-0.1, -0.05) is 6.58 Å². The molecule has 0 aliphatic rings. The van der Waals surface area contributed by atoms with Gasteiger partial charge in [0.05, 0.1) is 12.4 Å². The third-order valence-corrected chi connectivity index (χ3v) is 2.47. The lowest BCUT2D eigenvalue weighted by molar-refractivity contribution is -0.139. The molecule has 0 aromatic carbocycles. The molecule has 0 radical (unpaired) electrons. The van der Waals surface area contributed by atoms with E-state index in [9.17, 15) is 13.2 Å². The third kappa shape index (κ3) is 11.0. The van der Waals surface area contributed by atoms with Crippen molar-refractivity contribution >= 4 is 15.8 Å². The molecule has 0 spiro atoms. The second-order valence-electron chi connectivity index (χ2n) is 2.97. The van der Waals surface area contributed by atoms with Gasteiger partial charge in [0.15, 0.2) is 0 Å². The number of rotatable bonds is 8. The van der Waals surface area contributed by atoms with Crippen LogP contribution in [0.1, 0.15) is 6.42 Å². The number of esters is 1. The number of hydrogen-bond acceptors (Lipinski definition) is 5. The summed E-state index contributed by atoms with van der Waals surface area (Å²) in [5.74, 6) is -0.380. The molecule has 0 rings (SSSR count). The zero-order chi connectivity index (χ0) is 11.7. The number of sulfone groups is 1. The normalized spacial score (nSPS) is 11.0. The molecule has 0 bridgehead atoms. The van der Waals surface area contributed by atoms with Crippen LogP contribution in [-0.2, 0) is 24.1 Å². The van der Waals surface area contributed by atoms with E-state index in [1.807, 2.05) is 0 Å². The fourth-order valence-corrected chi connectivity index (χ4v) is 1.43. The van der Waals surface area contributed by atoms with E-state index in [-0.39, 0.29) is 19.0 Å². The Morgan fingerprint density at radius 3 is 2.53 bits per heavy atom. The zero-order valence-electron chi connectivity index (χ0n) is 8.77. The molecule has 0 aliphatic carbocycles. The highest BCUT2D eigenvalue weighted by Crippen LogP contribution is 1.90. The van der Waals surface area contributed by atoms with Gasteiger partial charge in [0.25, 0.3) is 0 Å². The maximum Gasteiger partial charge on any atom is 0.330 e. The highest BCUT2D eigenvalue weighted by molar-refractivity contribution is 7.90. The van der Waals surface area contributed by atoms with Gasteiger partial charge in [-0.05, 0) is 6.42 Å². The van der Waals surface area contributed by atoms with Crippen molar-refractivity contribution in [3.8, 4) is 0 Å². The first-order valence-electron chi connectivity index (χ1n) is 4.50. The second kappa shape index (κ2) is 7.42. The van der Waals surface area contributed by atoms with Crippen LogP contribution in [0.3, 0.4) is 0 Å². The second-order valence-corrected chi connectivity index (χ2v) is 5.23. The van der Waals surface area contributed by atoms with E-state index < -0.39 is 15.8 Å². The summed E-state index contributed by atoms with van der Waals surface area (Å²) in [6.07, 6.45) is 2.71. The van der Waals surface area contributed by atoms with Crippen LogP contribution in [0, 0.1) is 0 Å². The SMILES string of the molecule is C=CC(=O)OCCOCCCS(C)(=O)=O. The molecule has 0 heterocycles. The van der Waals surface area contributed by atoms with Crippen molar-refractivity contribution in [3.05, 3.63) is 12.7 Å². The lowest BCUT2D eigenvalue weighted by Crippen LogP contribution is -2.11. The van der Waals surface area contributed by atoms with Gasteiger partial charge in [0.2, 0.25) is 0 Å². The van der Waals surface area contributed by atoms with Crippen molar-refractivity contribution in [3.63, 3.8) is 0 Å². The Morgan fingerprint density at radius 1 is 1.33 bits per heavy atom. The van der Waals surface area contributed by atoms with Gasteiger partial charge in [-0.25, -0.2) is 13.2 Å². The van der Waals surface area contributed by atoms with E-state index in [4.69, 9.17) is 4.74 Å². The van der Waals surface area contributed by atoms with Crippen LogP contribution >= 0.6 is 0 Å². The topological polar surface area (TPSA) is 69.7 Å². The predicted octanol–water partition coefficient (Wildman–Crippen LogP) is 0.167. The molecular formula is C9H16O5S. The molecule has 0 fully saturated rings. The molecule has 0 saturated heterocycles. The van der Waals surface area contributed by atoms with Gasteiger partial charge in [0.1, 0.15) is 16.4 Å². The Bertz CT molecular complexity index is 294. The summed E-state index contributed by atoms with van der Waals surface area (Å²) in [4.78, 5) is 10.6. The van der Waals surface area contributed by atoms with Crippen LogP contribution < -0.4 is 0 Å². The summed E-state index contributed by atoms with van der Waals surface area (Å²) in [6.45, 7) is 4.00. The summed E-state index contributed by atoms with van der Waals surface area (Å²) in [7, 11) is -2.91. The third-order valence-electron chi connectivity index (χ3n) is 1.44. The van der Waals surface area contributed by atoms with Gasteiger partial charge in [0, 0.05) is 18.9 Å². The van der Waals surface area contributed by atoms with Crippen LogP contribution in [0.15, 0.2) is 12.7 Å². The molecule has 88 valence electrons. The fraction of sp³-hybridized carbons (Fsp3) is 0.667. The first-order chi connectivity index (χ1) is 6.95. The maximum atomic E-state index is 10.7. The molecule has 0 saturated carbocycles. The summed E-state index contributed by atoms with van der Waals surface area (Å²) in [6, 6.07) is 0. The van der Waals surface area contributed by atoms with E-state index in [2.05, 4.69) is 11.3 Å². The monoisotopic (exact) mass is 236 g/mol. The van der Waals surface area contributed by atoms with Gasteiger partial charge in [-0.15, -0.1) is 0 Å². The van der Waals surface area contributed by atoms with Crippen molar-refractivity contribution in [1.82, 2.24) is 0 Å². The Labute approximate surface area is 90.0 Å². The van der Waals surface area contributed by atoms with E-state index in [1.165, 1.54) is 6.26 Å². The maximum absolute atomic E-state index is 10.7. The summed E-state index contributed by atoms with van der Waals surface area (Å²) in [5, 5.41) is 0. The average molecular weight is 236 g/mol. The van der Waals surface area contributed by atoms with Crippen molar-refractivity contribution < 1.29 is 22.7 Å². The van der Waals surface area contributed by atoms with Crippen LogP contribution in [-0.4, -0.2) is 46.2 Å². The van der Waals surface area contributed by atoms with Gasteiger partial charge in [-0.2, -0.15) is 0 Å². The molecule has 0 atom stereocenters. The lowest BCUT2D eigenvalue weighted by atomic mass is 10.5. The van der Waals surface area contributed by atoms with E-state index in [0.717, 1.165) is 6.08 Å². The molecule has 0 N–H and O–H groups in total. The fourth-order valence-electron chi connectivity index (χ4n) is 0.785. The Hall–Kier alpha value is -0.880. The minimum Gasteiger partial charge on any atom is -0.460 e. The molecule has 15 heavy (non-hydrogen) atoms. The Kier molecular flexibility index (Phi) is 6.98. The Morgan fingerprint density at radius 2 is 2.00 bits per heavy atom. The average Bonchev–Trinajstić information content (AvgIpc) is 2.14. The van der Waals surface area contributed by atoms with Crippen molar-refractivity contribution in [1.29, 1.82) is 0 Å². The molecule has 0 unspecified atom stereocenters. The number of carbonyl (C=O) groups excluding carboxylic acids is 1. The van der Waals surface area contributed by atoms with Gasteiger partial charge >= 0.3 is 5.97 Å². The first kappa shape index (κ1) is 14.1. The van der Waals surface area contributed by atoms with Crippen molar-refractivity contribution in [2.45, 2.75) is 6.42 Å². The minimum atomic E-state index is -2.91. The van der Waals surface area contributed by atoms with Crippen molar-refractivity contribution in [2.75, 3.05) is 31.8 Å². The molecule has 0 aromatic heterocycles. The number of hydrogen-bond donors (Lipinski definition) is 0. The summed E-state index contributed by atoms with van der Waals surface area (Å²) in [5.41, 5.74) is 0. The highest BCUT2D eigenvalue weighted by Gasteiger charge is 2.01. The summed E-state index contributed by atoms with van der Waals surface area (Å²) >= 11 is 0. The predicted molar refractivity (Wildman–Crippen MR) is 56.3 cm³/mol. The standard InChI is InChI=1S/C9H16O5S/c1-3-9(10)14-7-6-13-5-4-8-15(2,11)12/h3H,1,4-8H2,2H3. The molecule has 0 aromatic rings. The van der Waals surface area contributed by atoms with E-state index in [1.54, 1.807) is 0 Å². The Balaban J connectivity index is 3.26. The quantitative estimate of drug-likeness (QED) is 0.341. The first-order valence-corrected chi connectivity index (χ1v) is 6.56. The highest BCUT2D eigenvalue weighted by atomic mass is 32.2. The van der Waals surface area contributed by atoms with Crippen LogP contribution in [0.2, 0.25) is 0 Å². The molecule has 0 aliphatic heterocycles. The van der Waals surface area contributed by atoms with E-state index in [0.29, 0.717) is 13.0 Å². The van der Waals surface area contributed by atoms with Crippen LogP contribution in [0.5, 0.6) is 0 Å². The largest absolute Gasteiger partial charge is 0.460 e. The smallest absolute Gasteiger partial charge is 0.330 e. The molecule has 6 heteroatoms. The van der Waals surface area contributed by atoms with Gasteiger partial charge in [-0.3, -0.25) is 0 Å². The van der Waals surface area contributed by atoms with Gasteiger partial charge < -0.3 is 9.47 Å². The van der Waals surface area contributed by atoms with Crippen LogP contribution in [0.25, 0.3) is 0 Å². The summed E-state index contributed by atoms with van der Waals surface area (Å²) < 4.78 is 31.1. The van der Waals surface area contributed by atoms with E-state index >= 15 is 0 Å². The lowest BCUT2D eigenvalue weighted by Gasteiger charge is -2.03. The molecule has 5 nitrogen and oxygen atoms in total. The zero-order valence-corrected chi connectivity index (χ0v) is 9.59. The molecular weight excluding hydrogens is 220 g/mol. The number of ether oxygens (including phenoxy) is 2. The van der Waals surface area contributed by atoms with Crippen LogP contribution in [0.4, 0.5) is 0 Å². The minimum absolute atomic E-state index is 0.111.